The van der Waals surface area contributed by atoms with Crippen molar-refractivity contribution in [3.63, 3.8) is 0 Å². The lowest BCUT2D eigenvalue weighted by Gasteiger charge is -2.20. The van der Waals surface area contributed by atoms with Gasteiger partial charge in [0.25, 0.3) is 0 Å². The first-order chi connectivity index (χ1) is 4.39. The van der Waals surface area contributed by atoms with E-state index in [2.05, 4.69) is 0 Å². The predicted octanol–water partition coefficient (Wildman–Crippen LogP) is 2.94. The van der Waals surface area contributed by atoms with Crippen molar-refractivity contribution in [3.8, 4) is 0 Å². The number of thioether (sulfide) groups is 1. The number of hydrogen-bond acceptors (Lipinski definition) is 1. The number of alkyl halides is 3. The van der Waals surface area contributed by atoms with E-state index in [4.69, 9.17) is 0 Å². The molecule has 0 spiro atoms. The highest BCUT2D eigenvalue weighted by Crippen LogP contribution is 2.32. The summed E-state index contributed by atoms with van der Waals surface area (Å²) in [6, 6.07) is 0. The third-order valence-corrected chi connectivity index (χ3v) is 2.74. The molecule has 0 radical (unpaired) electrons. The minimum Gasteiger partial charge on any atom is -0.171 e. The summed E-state index contributed by atoms with van der Waals surface area (Å²) in [6.07, 6.45) is -2.35. The van der Waals surface area contributed by atoms with Crippen molar-refractivity contribution < 1.29 is 13.2 Å². The fourth-order valence-corrected chi connectivity index (χ4v) is 1.03. The Morgan fingerprint density at radius 2 is 1.60 bits per heavy atom. The molecule has 0 fully saturated rings. The molecule has 10 heavy (non-hydrogen) atoms. The van der Waals surface area contributed by atoms with E-state index in [-0.39, 0.29) is 5.25 Å². The zero-order valence-electron chi connectivity index (χ0n) is 6.20. The molecule has 0 rings (SSSR count). The Kier molecular flexibility index (Phi) is 3.56. The molecule has 0 aliphatic heterocycles. The molecule has 4 heteroatoms. The fraction of sp³-hybridized carbons (Fsp3) is 1.00. The third kappa shape index (κ3) is 2.82. The molecule has 0 bridgehead atoms. The highest BCUT2D eigenvalue weighted by atomic mass is 32.2. The predicted molar refractivity (Wildman–Crippen MR) is 38.2 cm³/mol. The molecule has 2 atom stereocenters. The highest BCUT2D eigenvalue weighted by molar-refractivity contribution is 7.99. The van der Waals surface area contributed by atoms with Gasteiger partial charge in [-0.1, -0.05) is 13.8 Å². The van der Waals surface area contributed by atoms with Gasteiger partial charge in [0.15, 0.2) is 0 Å². The van der Waals surface area contributed by atoms with Crippen LogP contribution in [0.5, 0.6) is 0 Å². The molecule has 0 aromatic rings. The lowest BCUT2D eigenvalue weighted by Crippen LogP contribution is -2.27. The summed E-state index contributed by atoms with van der Waals surface area (Å²) in [5, 5.41) is -0.347. The third-order valence-electron chi connectivity index (χ3n) is 1.59. The van der Waals surface area contributed by atoms with E-state index in [0.29, 0.717) is 0 Å². The first-order valence-electron chi connectivity index (χ1n) is 2.99. The summed E-state index contributed by atoms with van der Waals surface area (Å²) < 4.78 is 35.6. The van der Waals surface area contributed by atoms with Crippen molar-refractivity contribution in [2.45, 2.75) is 25.3 Å². The molecule has 0 saturated heterocycles. The quantitative estimate of drug-likeness (QED) is 0.617. The van der Waals surface area contributed by atoms with E-state index >= 15 is 0 Å². The lowest BCUT2D eigenvalue weighted by molar-refractivity contribution is -0.168. The van der Waals surface area contributed by atoms with Crippen LogP contribution in [0.15, 0.2) is 0 Å². The smallest absolute Gasteiger partial charge is 0.171 e. The Balaban J connectivity index is 3.94. The summed E-state index contributed by atoms with van der Waals surface area (Å²) in [6.45, 7) is 2.80. The summed E-state index contributed by atoms with van der Waals surface area (Å²) in [5.74, 6) is -1.21. The Labute approximate surface area is 63.2 Å². The lowest BCUT2D eigenvalue weighted by atomic mass is 10.1. The molecule has 0 aromatic carbocycles. The Hall–Kier alpha value is 0.140. The molecule has 0 saturated carbocycles. The van der Waals surface area contributed by atoms with Gasteiger partial charge < -0.3 is 0 Å². The van der Waals surface area contributed by atoms with E-state index in [9.17, 15) is 13.2 Å². The van der Waals surface area contributed by atoms with Crippen molar-refractivity contribution in [1.82, 2.24) is 0 Å². The van der Waals surface area contributed by atoms with Gasteiger partial charge in [-0.2, -0.15) is 24.9 Å². The van der Waals surface area contributed by atoms with Crippen molar-refractivity contribution in [2.75, 3.05) is 6.26 Å². The Morgan fingerprint density at radius 3 is 1.70 bits per heavy atom. The minimum atomic E-state index is -4.04. The first kappa shape index (κ1) is 10.1. The van der Waals surface area contributed by atoms with Gasteiger partial charge in [-0.25, -0.2) is 0 Å². The summed E-state index contributed by atoms with van der Waals surface area (Å²) in [5.41, 5.74) is 0. The largest absolute Gasteiger partial charge is 0.392 e. The average Bonchev–Trinajstić information content (AvgIpc) is 1.83. The van der Waals surface area contributed by atoms with Crippen molar-refractivity contribution in [2.24, 2.45) is 5.92 Å². The van der Waals surface area contributed by atoms with Crippen LogP contribution in [0.3, 0.4) is 0 Å². The average molecular weight is 172 g/mol. The van der Waals surface area contributed by atoms with Gasteiger partial charge in [-0.3, -0.25) is 0 Å². The van der Waals surface area contributed by atoms with Gasteiger partial charge in [0, 0.05) is 5.25 Å². The molecular formula is C6H11F3S. The molecule has 0 N–H and O–H groups in total. The molecule has 0 heterocycles. The van der Waals surface area contributed by atoms with Crippen molar-refractivity contribution in [1.29, 1.82) is 0 Å². The van der Waals surface area contributed by atoms with Crippen LogP contribution in [0.25, 0.3) is 0 Å². The molecule has 0 nitrogen and oxygen atoms in total. The number of hydrogen-bond donors (Lipinski definition) is 0. The van der Waals surface area contributed by atoms with Gasteiger partial charge in [0.05, 0.1) is 5.92 Å². The van der Waals surface area contributed by atoms with E-state index in [1.807, 2.05) is 0 Å². The second kappa shape index (κ2) is 3.51. The second-order valence-electron chi connectivity index (χ2n) is 2.27. The summed E-state index contributed by atoms with van der Waals surface area (Å²) >= 11 is 1.24. The molecule has 0 amide bonds. The molecule has 0 aromatic heterocycles. The molecule has 62 valence electrons. The van der Waals surface area contributed by atoms with Gasteiger partial charge in [0.1, 0.15) is 0 Å². The zero-order chi connectivity index (χ0) is 8.36. The maximum atomic E-state index is 11.9. The van der Waals surface area contributed by atoms with Crippen LogP contribution < -0.4 is 0 Å². The topological polar surface area (TPSA) is 0 Å². The molecule has 0 aliphatic carbocycles. The van der Waals surface area contributed by atoms with Gasteiger partial charge >= 0.3 is 6.18 Å². The van der Waals surface area contributed by atoms with E-state index in [0.717, 1.165) is 0 Å². The Bertz CT molecular complexity index is 99.7. The van der Waals surface area contributed by atoms with Crippen LogP contribution in [0.1, 0.15) is 13.8 Å². The van der Waals surface area contributed by atoms with Crippen molar-refractivity contribution >= 4 is 11.8 Å². The van der Waals surface area contributed by atoms with Gasteiger partial charge in [-0.05, 0) is 6.26 Å². The highest BCUT2D eigenvalue weighted by Gasteiger charge is 2.38. The molecule has 1 unspecified atom stereocenters. The maximum absolute atomic E-state index is 11.9. The number of halogens is 3. The van der Waals surface area contributed by atoms with Gasteiger partial charge in [0.2, 0.25) is 0 Å². The van der Waals surface area contributed by atoms with Crippen LogP contribution in [-0.2, 0) is 0 Å². The Morgan fingerprint density at radius 1 is 1.20 bits per heavy atom. The summed E-state index contributed by atoms with van der Waals surface area (Å²) in [4.78, 5) is 0. The van der Waals surface area contributed by atoms with E-state index in [1.54, 1.807) is 13.2 Å². The monoisotopic (exact) mass is 172 g/mol. The van der Waals surface area contributed by atoms with Crippen molar-refractivity contribution in [3.05, 3.63) is 0 Å². The SMILES string of the molecule is CS[C@H](C)C(C)C(F)(F)F. The molecule has 0 aliphatic rings. The first-order valence-corrected chi connectivity index (χ1v) is 4.28. The standard InChI is InChI=1S/C6H11F3S/c1-4(5(2)10-3)6(7,8)9/h4-5H,1-3H3/t4?,5-/m1/s1. The maximum Gasteiger partial charge on any atom is 0.392 e. The number of rotatable bonds is 2. The van der Waals surface area contributed by atoms with E-state index < -0.39 is 12.1 Å². The van der Waals surface area contributed by atoms with Crippen LogP contribution in [0.2, 0.25) is 0 Å². The zero-order valence-corrected chi connectivity index (χ0v) is 7.01. The van der Waals surface area contributed by atoms with Crippen LogP contribution >= 0.6 is 11.8 Å². The van der Waals surface area contributed by atoms with E-state index in [1.165, 1.54) is 18.7 Å². The molecular weight excluding hydrogens is 161 g/mol. The van der Waals surface area contributed by atoms with Crippen LogP contribution in [-0.4, -0.2) is 17.7 Å². The van der Waals surface area contributed by atoms with Crippen LogP contribution in [0, 0.1) is 5.92 Å². The van der Waals surface area contributed by atoms with Crippen LogP contribution in [0.4, 0.5) is 13.2 Å². The second-order valence-corrected chi connectivity index (χ2v) is 3.49. The van der Waals surface area contributed by atoms with Gasteiger partial charge in [-0.15, -0.1) is 0 Å². The normalized spacial score (nSPS) is 18.6. The minimum absolute atomic E-state index is 0.347. The summed E-state index contributed by atoms with van der Waals surface area (Å²) in [7, 11) is 0. The fourth-order valence-electron chi connectivity index (χ4n) is 0.470.